The van der Waals surface area contributed by atoms with Crippen LogP contribution in [0.5, 0.6) is 0 Å². The zero-order chi connectivity index (χ0) is 14.4. The van der Waals surface area contributed by atoms with Crippen LogP contribution in [-0.2, 0) is 14.3 Å². The normalized spacial score (nSPS) is 27.0. The van der Waals surface area contributed by atoms with E-state index < -0.39 is 15.8 Å². The summed E-state index contributed by atoms with van der Waals surface area (Å²) in [6.45, 7) is 1.38. The Morgan fingerprint density at radius 1 is 1.58 bits per heavy atom. The molecule has 2 N–H and O–H groups in total. The number of nitrogens with zero attached hydrogens (tertiary/aromatic N) is 1. The van der Waals surface area contributed by atoms with Gasteiger partial charge in [0.2, 0.25) is 9.70 Å². The van der Waals surface area contributed by atoms with Crippen molar-refractivity contribution in [2.45, 2.75) is 22.1 Å². The molecule has 1 amide bonds. The smallest absolute Gasteiger partial charge is 0.355 e. The third-order valence-corrected chi connectivity index (χ3v) is 4.53. The molecule has 0 bridgehead atoms. The quantitative estimate of drug-likeness (QED) is 0.465. The number of amides is 1. The average molecular weight is 346 g/mol. The van der Waals surface area contributed by atoms with Crippen LogP contribution in [0.1, 0.15) is 6.92 Å². The number of ether oxygens (including phenoxy) is 1. The number of carbonyl (C=O) groups excluding carboxylic acids is 2. The summed E-state index contributed by atoms with van der Waals surface area (Å²) in [5.74, 6) is -0.355. The Morgan fingerprint density at radius 2 is 2.21 bits per heavy atom. The number of fused-ring (bicyclic) bond motifs is 1. The number of thioether (sulfide) groups is 1. The fourth-order valence-electron chi connectivity index (χ4n) is 1.87. The number of carbonyl (C=O) groups is 2. The van der Waals surface area contributed by atoms with Gasteiger partial charge < -0.3 is 10.5 Å². The number of alkyl halides is 3. The van der Waals surface area contributed by atoms with Crippen LogP contribution in [0.3, 0.4) is 0 Å². The molecule has 0 aromatic carbocycles. The summed E-state index contributed by atoms with van der Waals surface area (Å²) < 4.78 is 3.24. The first-order chi connectivity index (χ1) is 8.72. The van der Waals surface area contributed by atoms with Crippen molar-refractivity contribution < 1.29 is 14.3 Å². The number of hydrogen-bond acceptors (Lipinski definition) is 5. The van der Waals surface area contributed by atoms with E-state index in [-0.39, 0.29) is 23.6 Å². The summed E-state index contributed by atoms with van der Waals surface area (Å²) in [4.78, 5) is 25.1. The van der Waals surface area contributed by atoms with Crippen LogP contribution in [0.15, 0.2) is 11.3 Å². The predicted molar refractivity (Wildman–Crippen MR) is 75.0 cm³/mol. The second kappa shape index (κ2) is 5.33. The summed E-state index contributed by atoms with van der Waals surface area (Å²) in [6.07, 6.45) is 0. The van der Waals surface area contributed by atoms with Crippen LogP contribution in [0, 0.1) is 0 Å². The highest BCUT2D eigenvalue weighted by molar-refractivity contribution is 8.00. The fraction of sp³-hybridized carbons (Fsp3) is 0.600. The summed E-state index contributed by atoms with van der Waals surface area (Å²) in [6, 6.07) is -0.575. The highest BCUT2D eigenvalue weighted by atomic mass is 35.6. The highest BCUT2D eigenvalue weighted by Crippen LogP contribution is 2.39. The minimum atomic E-state index is -1.68. The SMILES string of the molecule is CC1=C(C(=O)OCC(Cl)(Cl)Cl)N2C(=O)C(N)[C@@H]2SC1. The van der Waals surface area contributed by atoms with E-state index in [4.69, 9.17) is 45.3 Å². The van der Waals surface area contributed by atoms with Gasteiger partial charge in [0.05, 0.1) is 0 Å². The second-order valence-electron chi connectivity index (χ2n) is 4.26. The number of hydrogen-bond donors (Lipinski definition) is 1. The maximum atomic E-state index is 12.0. The molecule has 2 rings (SSSR count). The Balaban J connectivity index is 2.13. The summed E-state index contributed by atoms with van der Waals surface area (Å²) in [5.41, 5.74) is 6.64. The molecule has 106 valence electrons. The molecule has 2 aliphatic rings. The summed E-state index contributed by atoms with van der Waals surface area (Å²) in [7, 11) is 0. The van der Waals surface area contributed by atoms with Crippen LogP contribution in [0.2, 0.25) is 0 Å². The molecule has 0 spiro atoms. The number of esters is 1. The topological polar surface area (TPSA) is 72.6 Å². The lowest BCUT2D eigenvalue weighted by Gasteiger charge is -2.48. The van der Waals surface area contributed by atoms with E-state index in [0.717, 1.165) is 5.57 Å². The average Bonchev–Trinajstić information content (AvgIpc) is 2.33. The first-order valence-corrected chi connectivity index (χ1v) is 7.54. The minimum Gasteiger partial charge on any atom is -0.456 e. The Labute approximate surface area is 129 Å². The van der Waals surface area contributed by atoms with Gasteiger partial charge in [-0.2, -0.15) is 0 Å². The fourth-order valence-corrected chi connectivity index (χ4v) is 3.28. The lowest BCUT2D eigenvalue weighted by atomic mass is 10.0. The maximum Gasteiger partial charge on any atom is 0.355 e. The molecule has 1 unspecified atom stereocenters. The Morgan fingerprint density at radius 3 is 2.79 bits per heavy atom. The van der Waals surface area contributed by atoms with Crippen molar-refractivity contribution >= 4 is 58.4 Å². The van der Waals surface area contributed by atoms with Gasteiger partial charge in [-0.1, -0.05) is 34.8 Å². The number of nitrogens with two attached hydrogens (primary N) is 1. The van der Waals surface area contributed by atoms with E-state index in [1.807, 2.05) is 0 Å². The largest absolute Gasteiger partial charge is 0.456 e. The molecule has 0 radical (unpaired) electrons. The van der Waals surface area contributed by atoms with Crippen molar-refractivity contribution in [3.05, 3.63) is 11.3 Å². The first kappa shape index (κ1) is 15.3. The van der Waals surface area contributed by atoms with Crippen molar-refractivity contribution in [2.24, 2.45) is 5.73 Å². The van der Waals surface area contributed by atoms with Gasteiger partial charge in [0.1, 0.15) is 23.7 Å². The second-order valence-corrected chi connectivity index (χ2v) is 7.88. The van der Waals surface area contributed by atoms with Gasteiger partial charge >= 0.3 is 5.97 Å². The first-order valence-electron chi connectivity index (χ1n) is 5.36. The number of rotatable bonds is 2. The van der Waals surface area contributed by atoms with E-state index in [2.05, 4.69) is 0 Å². The molecule has 2 atom stereocenters. The maximum absolute atomic E-state index is 12.0. The molecule has 1 fully saturated rings. The van der Waals surface area contributed by atoms with Crippen molar-refractivity contribution in [3.8, 4) is 0 Å². The van der Waals surface area contributed by atoms with Gasteiger partial charge in [-0.05, 0) is 12.5 Å². The summed E-state index contributed by atoms with van der Waals surface area (Å²) >= 11 is 18.1. The molecule has 2 heterocycles. The van der Waals surface area contributed by atoms with Gasteiger partial charge in [0.25, 0.3) is 0 Å². The van der Waals surface area contributed by atoms with Crippen molar-refractivity contribution in [1.82, 2.24) is 4.90 Å². The van der Waals surface area contributed by atoms with Gasteiger partial charge in [-0.3, -0.25) is 9.69 Å². The number of β-lactam (4-membered cyclic amide) rings is 1. The van der Waals surface area contributed by atoms with Crippen LogP contribution in [-0.4, -0.2) is 44.3 Å². The molecule has 0 aliphatic carbocycles. The third-order valence-electron chi connectivity index (χ3n) is 2.76. The molecular formula is C10H11Cl3N2O3S. The predicted octanol–water partition coefficient (Wildman–Crippen LogP) is 1.42. The Hall–Kier alpha value is -0.140. The van der Waals surface area contributed by atoms with Gasteiger partial charge in [-0.25, -0.2) is 4.79 Å². The van der Waals surface area contributed by atoms with Crippen LogP contribution < -0.4 is 5.73 Å². The highest BCUT2D eigenvalue weighted by Gasteiger charge is 2.51. The Kier molecular flexibility index (Phi) is 4.28. The molecule has 19 heavy (non-hydrogen) atoms. The van der Waals surface area contributed by atoms with Gasteiger partial charge in [0.15, 0.2) is 0 Å². The molecule has 0 aromatic rings. The van der Waals surface area contributed by atoms with Crippen LogP contribution >= 0.6 is 46.6 Å². The monoisotopic (exact) mass is 344 g/mol. The lowest BCUT2D eigenvalue weighted by molar-refractivity contribution is -0.150. The van der Waals surface area contributed by atoms with Crippen LogP contribution in [0.25, 0.3) is 0 Å². The van der Waals surface area contributed by atoms with E-state index in [1.165, 1.54) is 16.7 Å². The van der Waals surface area contributed by atoms with Crippen LogP contribution in [0.4, 0.5) is 0 Å². The van der Waals surface area contributed by atoms with E-state index in [0.29, 0.717) is 5.75 Å². The van der Waals surface area contributed by atoms with Crippen molar-refractivity contribution in [3.63, 3.8) is 0 Å². The number of halogens is 3. The molecule has 0 saturated carbocycles. The Bertz CT molecular complexity index is 463. The van der Waals surface area contributed by atoms with Crippen molar-refractivity contribution in [2.75, 3.05) is 12.4 Å². The molecule has 1 saturated heterocycles. The van der Waals surface area contributed by atoms with E-state index in [9.17, 15) is 9.59 Å². The zero-order valence-electron chi connectivity index (χ0n) is 9.86. The zero-order valence-corrected chi connectivity index (χ0v) is 12.9. The third kappa shape index (κ3) is 2.97. The standard InChI is InChI=1S/C10H11Cl3N2O3S/c1-4-2-19-8-5(14)7(16)15(8)6(4)9(17)18-3-10(11,12)13/h5,8H,2-3,14H2,1H3/t5?,8-/m0/s1. The molecule has 2 aliphatic heterocycles. The minimum absolute atomic E-state index is 0.213. The van der Waals surface area contributed by atoms with Crippen molar-refractivity contribution in [1.29, 1.82) is 0 Å². The van der Waals surface area contributed by atoms with Gasteiger partial charge in [-0.15, -0.1) is 11.8 Å². The molecule has 9 heteroatoms. The summed E-state index contributed by atoms with van der Waals surface area (Å²) in [5, 5.41) is -0.216. The van der Waals surface area contributed by atoms with E-state index in [1.54, 1.807) is 6.92 Å². The molecule has 0 aromatic heterocycles. The molecule has 5 nitrogen and oxygen atoms in total. The van der Waals surface area contributed by atoms with E-state index >= 15 is 0 Å². The van der Waals surface area contributed by atoms with Gasteiger partial charge in [0, 0.05) is 5.75 Å². The molecular weight excluding hydrogens is 335 g/mol. The lowest BCUT2D eigenvalue weighted by Crippen LogP contribution is -2.68.